The molecule has 616 valence electrons. The van der Waals surface area contributed by atoms with E-state index in [0.29, 0.717) is 35.2 Å². The lowest BCUT2D eigenvalue weighted by atomic mass is 9.98. The van der Waals surface area contributed by atoms with Gasteiger partial charge < -0.3 is 18.7 Å². The fraction of sp³-hybridized carbons (Fsp3) is 0. The Morgan fingerprint density at radius 1 is 0.191 bits per heavy atom. The Bertz CT molecular complexity index is 8600. The monoisotopic (exact) mass is 1740 g/mol. The van der Waals surface area contributed by atoms with Gasteiger partial charge in [-0.05, 0) is 166 Å². The van der Waals surface area contributed by atoms with Gasteiger partial charge in [-0.3, -0.25) is 9.13 Å². The van der Waals surface area contributed by atoms with Crippen LogP contribution in [0.5, 0.6) is 0 Å². The normalized spacial score (nSPS) is 11.5. The SMILES string of the molecule is Brc1cc(-c2ccccc2)cc(-c2ccccc2)c1.c1ccc(-c2cc(-c3ccccc3)cc(-n3c4ccccc4c4ccc5c(ccn5-c5ccc6c(c5)c5ccccc5n6-c5nc(-c6ccccc6)nc(-c6ccccc6)n5)c43)c2)cc1.c1ccc(-c2nc(-c3ccccc3)nc(-n3c4ccccc4c4cc(-n5ccc6c7[nH]c8ccccc8c7ccc65)ccc43)n2)cc1. The summed E-state index contributed by atoms with van der Waals surface area (Å²) in [5.41, 5.74) is 27.8. The van der Waals surface area contributed by atoms with Gasteiger partial charge >= 0.3 is 0 Å². The number of H-pyrrole nitrogens is 1. The van der Waals surface area contributed by atoms with Crippen molar-refractivity contribution in [2.75, 3.05) is 0 Å². The van der Waals surface area contributed by atoms with Crippen molar-refractivity contribution in [2.24, 2.45) is 0 Å². The van der Waals surface area contributed by atoms with Gasteiger partial charge in [-0.1, -0.05) is 344 Å². The smallest absolute Gasteiger partial charge is 0.238 e. The highest BCUT2D eigenvalue weighted by Crippen LogP contribution is 2.44. The molecular formula is C118H77BrN12. The van der Waals surface area contributed by atoms with Crippen LogP contribution in [-0.4, -0.2) is 57.7 Å². The molecule has 0 bridgehead atoms. The number of halogens is 1. The predicted octanol–water partition coefficient (Wildman–Crippen LogP) is 30.3. The van der Waals surface area contributed by atoms with Gasteiger partial charge in [0.15, 0.2) is 23.3 Å². The molecule has 0 aliphatic rings. The number of hydrogen-bond acceptors (Lipinski definition) is 6. The summed E-state index contributed by atoms with van der Waals surface area (Å²) in [6.07, 6.45) is 4.38. The van der Waals surface area contributed by atoms with E-state index in [9.17, 15) is 0 Å². The van der Waals surface area contributed by atoms with Gasteiger partial charge in [0.25, 0.3) is 0 Å². The molecule has 8 aromatic heterocycles. The van der Waals surface area contributed by atoms with Crippen LogP contribution in [0.3, 0.4) is 0 Å². The molecule has 26 aromatic rings. The van der Waals surface area contributed by atoms with Gasteiger partial charge in [0.05, 0.1) is 49.7 Å². The number of benzene rings is 18. The van der Waals surface area contributed by atoms with Crippen LogP contribution >= 0.6 is 15.9 Å². The Hall–Kier alpha value is -17.3. The highest BCUT2D eigenvalue weighted by atomic mass is 79.9. The maximum absolute atomic E-state index is 5.14. The minimum atomic E-state index is 0.574. The van der Waals surface area contributed by atoms with Crippen LogP contribution in [0.2, 0.25) is 0 Å². The Labute approximate surface area is 762 Å². The van der Waals surface area contributed by atoms with Crippen LogP contribution in [0.25, 0.3) is 228 Å². The second-order valence-corrected chi connectivity index (χ2v) is 33.7. The third-order valence-corrected chi connectivity index (χ3v) is 25.5. The van der Waals surface area contributed by atoms with Gasteiger partial charge in [0.2, 0.25) is 11.9 Å². The van der Waals surface area contributed by atoms with E-state index in [1.165, 1.54) is 93.4 Å². The van der Waals surface area contributed by atoms with E-state index in [4.69, 9.17) is 29.9 Å². The number of hydrogen-bond donors (Lipinski definition) is 1. The first-order valence-corrected chi connectivity index (χ1v) is 44.7. The van der Waals surface area contributed by atoms with Crippen LogP contribution in [0.4, 0.5) is 0 Å². The maximum Gasteiger partial charge on any atom is 0.238 e. The summed E-state index contributed by atoms with van der Waals surface area (Å²) in [6, 6.07) is 157. The molecule has 0 aliphatic heterocycles. The van der Waals surface area contributed by atoms with E-state index in [-0.39, 0.29) is 0 Å². The van der Waals surface area contributed by atoms with E-state index in [1.54, 1.807) is 0 Å². The molecule has 1 N–H and O–H groups in total. The van der Waals surface area contributed by atoms with E-state index in [0.717, 1.165) is 104 Å². The zero-order valence-corrected chi connectivity index (χ0v) is 72.3. The fourth-order valence-corrected chi connectivity index (χ4v) is 19.4. The molecule has 12 nitrogen and oxygen atoms in total. The molecule has 13 heteroatoms. The van der Waals surface area contributed by atoms with E-state index < -0.39 is 0 Å². The Morgan fingerprint density at radius 3 is 0.916 bits per heavy atom. The van der Waals surface area contributed by atoms with Crippen LogP contribution in [-0.2, 0) is 0 Å². The summed E-state index contributed by atoms with van der Waals surface area (Å²) in [5, 5.41) is 11.8. The molecule has 0 saturated carbocycles. The Balaban J connectivity index is 0.000000124. The lowest BCUT2D eigenvalue weighted by Crippen LogP contribution is -2.06. The van der Waals surface area contributed by atoms with Crippen molar-refractivity contribution in [1.82, 2.24) is 57.7 Å². The van der Waals surface area contributed by atoms with Crippen molar-refractivity contribution in [2.45, 2.75) is 0 Å². The minimum absolute atomic E-state index is 0.574. The van der Waals surface area contributed by atoms with Crippen molar-refractivity contribution < 1.29 is 0 Å². The zero-order valence-electron chi connectivity index (χ0n) is 70.7. The second kappa shape index (κ2) is 32.9. The number of rotatable bonds is 13. The molecule has 131 heavy (non-hydrogen) atoms. The lowest BCUT2D eigenvalue weighted by Gasteiger charge is -2.14. The van der Waals surface area contributed by atoms with Crippen molar-refractivity contribution in [3.05, 3.63) is 466 Å². The fourth-order valence-electron chi connectivity index (χ4n) is 18.9. The molecule has 0 unspecified atom stereocenters. The van der Waals surface area contributed by atoms with Crippen LogP contribution in [0.15, 0.2) is 466 Å². The number of aromatic amines is 1. The molecule has 26 rings (SSSR count). The van der Waals surface area contributed by atoms with Crippen LogP contribution < -0.4 is 0 Å². The summed E-state index contributed by atoms with van der Waals surface area (Å²) in [4.78, 5) is 34.0. The van der Waals surface area contributed by atoms with E-state index >= 15 is 0 Å². The third-order valence-electron chi connectivity index (χ3n) is 25.0. The molecule has 0 aliphatic carbocycles. The second-order valence-electron chi connectivity index (χ2n) is 32.8. The first kappa shape index (κ1) is 77.3. The highest BCUT2D eigenvalue weighted by molar-refractivity contribution is 9.10. The maximum atomic E-state index is 5.14. The lowest BCUT2D eigenvalue weighted by molar-refractivity contribution is 0.953. The van der Waals surface area contributed by atoms with Gasteiger partial charge in [0.1, 0.15) is 0 Å². The summed E-state index contributed by atoms with van der Waals surface area (Å²) in [6.45, 7) is 0. The molecule has 0 amide bonds. The third kappa shape index (κ3) is 14.1. The largest absolute Gasteiger partial charge is 0.354 e. The van der Waals surface area contributed by atoms with Crippen molar-refractivity contribution in [3.8, 4) is 119 Å². The standard InChI is InChI=1S/C59H38N6.C41H26N6.C18H13Br/c1-5-17-39(18-6-1)43-35-44(40-19-7-2-8-20-40)37-46(36-43)64-53-27-15-13-25-47(53)49-30-32-52-50(56(49)64)33-34-63(52)45-29-31-55-51(38-45)48-26-14-16-28-54(48)65(55)59-61-57(41-21-9-3-10-22-41)60-58(62-59)42-23-11-4-12-24-42;1-3-11-26(12-4-1)39-43-40(27-13-5-2-6-14-27)45-41(44-39)47-36-18-10-8-16-30(36)33-25-28(19-21-37(33)47)46-24-23-32-35(46)22-20-31-29-15-7-9-17-34(29)42-38(31)32;19-18-12-16(14-7-3-1-4-8-14)11-17(13-18)15-9-5-2-6-10-15/h1-38H;1-25,42H;1-13H. The number of nitrogens with zero attached hydrogens (tertiary/aromatic N) is 11. The molecule has 18 aromatic carbocycles. The van der Waals surface area contributed by atoms with Gasteiger partial charge in [-0.15, -0.1) is 0 Å². The molecule has 8 heterocycles. The molecule has 0 radical (unpaired) electrons. The quantitative estimate of drug-likeness (QED) is 0.123. The first-order valence-electron chi connectivity index (χ1n) is 43.9. The average Bonchev–Trinajstić information content (AvgIpc) is 1.56. The van der Waals surface area contributed by atoms with Crippen molar-refractivity contribution >= 4 is 125 Å². The summed E-state index contributed by atoms with van der Waals surface area (Å²) >= 11 is 3.61. The van der Waals surface area contributed by atoms with Crippen molar-refractivity contribution in [3.63, 3.8) is 0 Å². The topological polar surface area (TPSA) is 118 Å². The molecule has 0 atom stereocenters. The van der Waals surface area contributed by atoms with Gasteiger partial charge in [0, 0.05) is 116 Å². The van der Waals surface area contributed by atoms with Crippen LogP contribution in [0, 0.1) is 0 Å². The Morgan fingerprint density at radius 2 is 0.504 bits per heavy atom. The molecule has 0 saturated heterocycles. The number of fused-ring (bicyclic) bond motifs is 16. The zero-order chi connectivity index (χ0) is 86.8. The van der Waals surface area contributed by atoms with Gasteiger partial charge in [-0.25, -0.2) is 9.97 Å². The summed E-state index contributed by atoms with van der Waals surface area (Å²) < 4.78 is 12.5. The minimum Gasteiger partial charge on any atom is -0.354 e. The van der Waals surface area contributed by atoms with E-state index in [2.05, 4.69) is 372 Å². The molecule has 0 spiro atoms. The molecular weight excluding hydrogens is 1670 g/mol. The van der Waals surface area contributed by atoms with Crippen molar-refractivity contribution in [1.29, 1.82) is 0 Å². The average molecular weight is 1740 g/mol. The van der Waals surface area contributed by atoms with Crippen LogP contribution in [0.1, 0.15) is 0 Å². The highest BCUT2D eigenvalue weighted by Gasteiger charge is 2.25. The van der Waals surface area contributed by atoms with Gasteiger partial charge in [-0.2, -0.15) is 19.9 Å². The number of aromatic nitrogens is 12. The number of para-hydroxylation sites is 4. The molecule has 0 fully saturated rings. The Kier molecular flexibility index (Phi) is 19.4. The first-order chi connectivity index (χ1) is 64.9. The predicted molar refractivity (Wildman–Crippen MR) is 543 cm³/mol. The number of nitrogens with one attached hydrogen (secondary N) is 1. The van der Waals surface area contributed by atoms with E-state index in [1.807, 2.05) is 133 Å². The summed E-state index contributed by atoms with van der Waals surface area (Å²) in [7, 11) is 0. The summed E-state index contributed by atoms with van der Waals surface area (Å²) in [5.74, 6) is 3.69.